The Hall–Kier alpha value is -1.69. The number of aromatic nitrogens is 3. The molecule has 1 atom stereocenters. The van der Waals surface area contributed by atoms with Crippen LogP contribution in [-0.2, 0) is 9.53 Å². The molecule has 0 aliphatic rings. The monoisotopic (exact) mass is 265 g/mol. The van der Waals surface area contributed by atoms with Crippen LogP contribution in [0.5, 0.6) is 0 Å². The fourth-order valence-electron chi connectivity index (χ4n) is 1.85. The molecule has 1 N–H and O–H groups in total. The Labute approximate surface area is 110 Å². The lowest BCUT2D eigenvalue weighted by Gasteiger charge is -2.12. The molecule has 0 aromatic carbocycles. The Balaban J connectivity index is 2.54. The zero-order valence-corrected chi connectivity index (χ0v) is 11.4. The molecule has 0 saturated heterocycles. The molecule has 96 valence electrons. The van der Waals surface area contributed by atoms with E-state index >= 15 is 0 Å². The van der Waals surface area contributed by atoms with Crippen LogP contribution in [0.2, 0.25) is 0 Å². The van der Waals surface area contributed by atoms with E-state index in [1.54, 1.807) is 24.6 Å². The number of nitrogens with zero attached hydrogens (tertiary/aromatic N) is 2. The van der Waals surface area contributed by atoms with Gasteiger partial charge in [0.25, 0.3) is 0 Å². The van der Waals surface area contributed by atoms with Gasteiger partial charge < -0.3 is 9.72 Å². The van der Waals surface area contributed by atoms with Crippen molar-refractivity contribution in [1.29, 1.82) is 0 Å². The molecule has 0 saturated carbocycles. The lowest BCUT2D eigenvalue weighted by molar-refractivity contribution is -0.146. The van der Waals surface area contributed by atoms with Gasteiger partial charge in [0, 0.05) is 6.20 Å². The number of imidazole rings is 1. The number of fused-ring (bicyclic) bond motifs is 1. The summed E-state index contributed by atoms with van der Waals surface area (Å²) in [6, 6.07) is 1.47. The van der Waals surface area contributed by atoms with Crippen LogP contribution in [-0.4, -0.2) is 27.1 Å². The first kappa shape index (κ1) is 12.8. The number of H-pyrrole nitrogens is 1. The fourth-order valence-corrected chi connectivity index (χ4v) is 2.20. The Kier molecular flexibility index (Phi) is 3.47. The molecule has 0 aliphatic heterocycles. The van der Waals surface area contributed by atoms with Crippen molar-refractivity contribution in [3.05, 3.63) is 22.6 Å². The summed E-state index contributed by atoms with van der Waals surface area (Å²) >= 11 is 5.24. The van der Waals surface area contributed by atoms with Crippen molar-refractivity contribution in [1.82, 2.24) is 14.5 Å². The lowest BCUT2D eigenvalue weighted by atomic mass is 10.3. The Bertz CT molecular complexity index is 644. The first-order valence-electron chi connectivity index (χ1n) is 5.78. The van der Waals surface area contributed by atoms with E-state index in [2.05, 4.69) is 9.97 Å². The Morgan fingerprint density at radius 1 is 1.67 bits per heavy atom. The highest BCUT2D eigenvalue weighted by Crippen LogP contribution is 2.18. The molecule has 1 unspecified atom stereocenters. The molecule has 0 spiro atoms. The highest BCUT2D eigenvalue weighted by atomic mass is 32.1. The van der Waals surface area contributed by atoms with Crippen molar-refractivity contribution in [2.45, 2.75) is 26.8 Å². The van der Waals surface area contributed by atoms with Crippen molar-refractivity contribution in [3.8, 4) is 0 Å². The summed E-state index contributed by atoms with van der Waals surface area (Å²) in [4.78, 5) is 19.1. The van der Waals surface area contributed by atoms with E-state index in [0.29, 0.717) is 17.0 Å². The predicted octanol–water partition coefficient (Wildman–Crippen LogP) is 2.53. The van der Waals surface area contributed by atoms with Gasteiger partial charge >= 0.3 is 5.97 Å². The molecule has 2 rings (SSSR count). The molecule has 6 heteroatoms. The Morgan fingerprint density at radius 2 is 2.39 bits per heavy atom. The second-order valence-electron chi connectivity index (χ2n) is 4.11. The van der Waals surface area contributed by atoms with Crippen LogP contribution in [0.25, 0.3) is 11.2 Å². The maximum absolute atomic E-state index is 11.8. The van der Waals surface area contributed by atoms with Gasteiger partial charge in [0.05, 0.1) is 12.1 Å². The van der Waals surface area contributed by atoms with Gasteiger partial charge in [-0.05, 0) is 44.6 Å². The minimum absolute atomic E-state index is 0.308. The van der Waals surface area contributed by atoms with Crippen molar-refractivity contribution in [2.75, 3.05) is 6.61 Å². The van der Waals surface area contributed by atoms with Crippen LogP contribution in [0.1, 0.15) is 25.5 Å². The lowest BCUT2D eigenvalue weighted by Crippen LogP contribution is -2.19. The number of aromatic amines is 1. The van der Waals surface area contributed by atoms with Gasteiger partial charge in [0.2, 0.25) is 0 Å². The van der Waals surface area contributed by atoms with E-state index in [4.69, 9.17) is 17.0 Å². The van der Waals surface area contributed by atoms with Crippen molar-refractivity contribution in [3.63, 3.8) is 0 Å². The maximum Gasteiger partial charge on any atom is 0.328 e. The number of nitrogens with one attached hydrogen (secondary N) is 1. The van der Waals surface area contributed by atoms with Crippen LogP contribution in [0.4, 0.5) is 0 Å². The zero-order valence-electron chi connectivity index (χ0n) is 10.6. The SMILES string of the molecule is CCOC(=O)C(C)n1c(=S)[nH]c2cc(C)cnc21. The second-order valence-corrected chi connectivity index (χ2v) is 4.50. The first-order chi connectivity index (χ1) is 8.54. The molecular formula is C12H15N3O2S. The normalized spacial score (nSPS) is 12.6. The van der Waals surface area contributed by atoms with Gasteiger partial charge in [-0.1, -0.05) is 0 Å². The summed E-state index contributed by atoms with van der Waals surface area (Å²) in [6.07, 6.45) is 1.75. The standard InChI is InChI=1S/C12H15N3O2S/c1-4-17-11(16)8(3)15-10-9(14-12(15)18)5-7(2)6-13-10/h5-6,8H,4H2,1-3H3,(H,14,18). The second kappa shape index (κ2) is 4.89. The van der Waals surface area contributed by atoms with Crippen molar-refractivity contribution >= 4 is 29.4 Å². The number of carbonyl (C=O) groups excluding carboxylic acids is 1. The molecule has 2 aromatic rings. The molecule has 2 aromatic heterocycles. The molecule has 0 aliphatic carbocycles. The number of hydrogen-bond acceptors (Lipinski definition) is 4. The minimum Gasteiger partial charge on any atom is -0.464 e. The quantitative estimate of drug-likeness (QED) is 0.684. The van der Waals surface area contributed by atoms with E-state index in [1.165, 1.54) is 0 Å². The smallest absolute Gasteiger partial charge is 0.328 e. The van der Waals surface area contributed by atoms with Crippen LogP contribution in [0, 0.1) is 11.7 Å². The molecule has 2 heterocycles. The number of aryl methyl sites for hydroxylation is 1. The zero-order chi connectivity index (χ0) is 13.3. The number of rotatable bonds is 3. The van der Waals surface area contributed by atoms with Gasteiger partial charge in [-0.3, -0.25) is 4.57 Å². The maximum atomic E-state index is 11.8. The van der Waals surface area contributed by atoms with Gasteiger partial charge in [0.15, 0.2) is 10.4 Å². The molecule has 0 fully saturated rings. The number of carbonyl (C=O) groups is 1. The van der Waals surface area contributed by atoms with Gasteiger partial charge in [-0.25, -0.2) is 9.78 Å². The van der Waals surface area contributed by atoms with E-state index in [9.17, 15) is 4.79 Å². The average molecular weight is 265 g/mol. The predicted molar refractivity (Wildman–Crippen MR) is 71.0 cm³/mol. The van der Waals surface area contributed by atoms with E-state index in [1.807, 2.05) is 13.0 Å². The van der Waals surface area contributed by atoms with Gasteiger partial charge in [0.1, 0.15) is 6.04 Å². The highest BCUT2D eigenvalue weighted by Gasteiger charge is 2.20. The number of hydrogen-bond donors (Lipinski definition) is 1. The van der Waals surface area contributed by atoms with E-state index in [0.717, 1.165) is 11.1 Å². The molecule has 0 amide bonds. The summed E-state index contributed by atoms with van der Waals surface area (Å²) in [5, 5.41) is 0. The van der Waals surface area contributed by atoms with E-state index < -0.39 is 6.04 Å². The molecular weight excluding hydrogens is 250 g/mol. The molecule has 5 nitrogen and oxygen atoms in total. The third-order valence-electron chi connectivity index (χ3n) is 2.71. The number of pyridine rings is 1. The number of ether oxygens (including phenoxy) is 1. The summed E-state index contributed by atoms with van der Waals surface area (Å²) < 4.78 is 7.17. The topological polar surface area (TPSA) is 59.9 Å². The van der Waals surface area contributed by atoms with Gasteiger partial charge in [-0.15, -0.1) is 0 Å². The molecule has 0 radical (unpaired) electrons. The first-order valence-corrected chi connectivity index (χ1v) is 6.19. The third-order valence-corrected chi connectivity index (χ3v) is 3.01. The molecule has 18 heavy (non-hydrogen) atoms. The largest absolute Gasteiger partial charge is 0.464 e. The van der Waals surface area contributed by atoms with Crippen LogP contribution >= 0.6 is 12.2 Å². The summed E-state index contributed by atoms with van der Waals surface area (Å²) in [5.41, 5.74) is 2.54. The highest BCUT2D eigenvalue weighted by molar-refractivity contribution is 7.71. The van der Waals surface area contributed by atoms with E-state index in [-0.39, 0.29) is 5.97 Å². The fraction of sp³-hybridized carbons (Fsp3) is 0.417. The summed E-state index contributed by atoms with van der Waals surface area (Å²) in [7, 11) is 0. The number of esters is 1. The Morgan fingerprint density at radius 3 is 3.06 bits per heavy atom. The minimum atomic E-state index is -0.485. The van der Waals surface area contributed by atoms with Crippen LogP contribution < -0.4 is 0 Å². The summed E-state index contributed by atoms with van der Waals surface area (Å²) in [5.74, 6) is -0.308. The van der Waals surface area contributed by atoms with Crippen LogP contribution in [0.15, 0.2) is 12.3 Å². The third kappa shape index (κ3) is 2.15. The van der Waals surface area contributed by atoms with Crippen molar-refractivity contribution < 1.29 is 9.53 Å². The average Bonchev–Trinajstić information content (AvgIpc) is 2.63. The van der Waals surface area contributed by atoms with Crippen molar-refractivity contribution in [2.24, 2.45) is 0 Å². The van der Waals surface area contributed by atoms with Gasteiger partial charge in [-0.2, -0.15) is 0 Å². The summed E-state index contributed by atoms with van der Waals surface area (Å²) in [6.45, 7) is 5.84. The van der Waals surface area contributed by atoms with Crippen LogP contribution in [0.3, 0.4) is 0 Å². The molecule has 0 bridgehead atoms.